The molecule has 2 aromatic carbocycles. The van der Waals surface area contributed by atoms with Crippen molar-refractivity contribution in [3.63, 3.8) is 0 Å². The van der Waals surface area contributed by atoms with Crippen molar-refractivity contribution in [2.24, 2.45) is 5.92 Å². The van der Waals surface area contributed by atoms with Crippen molar-refractivity contribution >= 4 is 5.91 Å². The second-order valence-corrected chi connectivity index (χ2v) is 7.29. The van der Waals surface area contributed by atoms with Crippen LogP contribution in [0.4, 0.5) is 13.2 Å². The Morgan fingerprint density at radius 3 is 2.47 bits per heavy atom. The van der Waals surface area contributed by atoms with Gasteiger partial charge in [-0.05, 0) is 41.8 Å². The van der Waals surface area contributed by atoms with Gasteiger partial charge in [0.2, 0.25) is 5.91 Å². The maximum atomic E-state index is 12.7. The predicted octanol–water partition coefficient (Wildman–Crippen LogP) is 3.97. The Hall–Kier alpha value is -2.58. The van der Waals surface area contributed by atoms with Crippen molar-refractivity contribution < 1.29 is 22.7 Å². The summed E-state index contributed by atoms with van der Waals surface area (Å²) in [5.41, 5.74) is 7.00. The van der Waals surface area contributed by atoms with Crippen LogP contribution in [0.25, 0.3) is 0 Å². The molecule has 3 N–H and O–H groups in total. The monoisotopic (exact) mass is 421 g/mol. The predicted molar refractivity (Wildman–Crippen MR) is 108 cm³/mol. The highest BCUT2D eigenvalue weighted by Crippen LogP contribution is 2.29. The number of amides is 1. The molecule has 1 saturated heterocycles. The van der Waals surface area contributed by atoms with Gasteiger partial charge in [0.1, 0.15) is 5.75 Å². The van der Waals surface area contributed by atoms with Gasteiger partial charge in [-0.2, -0.15) is 13.2 Å². The van der Waals surface area contributed by atoms with Crippen molar-refractivity contribution in [2.45, 2.75) is 38.5 Å². The highest BCUT2D eigenvalue weighted by Gasteiger charge is 2.34. The maximum Gasteiger partial charge on any atom is 0.416 e. The quantitative estimate of drug-likeness (QED) is 0.565. The third-order valence-electron chi connectivity index (χ3n) is 5.07. The first-order chi connectivity index (χ1) is 14.4. The van der Waals surface area contributed by atoms with E-state index in [4.69, 9.17) is 4.74 Å². The minimum Gasteiger partial charge on any atom is -0.494 e. The fourth-order valence-corrected chi connectivity index (χ4v) is 3.29. The van der Waals surface area contributed by atoms with Crippen LogP contribution in [0.2, 0.25) is 0 Å². The number of hydrogen-bond donors (Lipinski definition) is 3. The Morgan fingerprint density at radius 1 is 1.13 bits per heavy atom. The number of ether oxygens (including phenoxy) is 1. The van der Waals surface area contributed by atoms with Crippen molar-refractivity contribution in [1.29, 1.82) is 0 Å². The fourth-order valence-electron chi connectivity index (χ4n) is 3.29. The van der Waals surface area contributed by atoms with Gasteiger partial charge >= 0.3 is 6.18 Å². The minimum absolute atomic E-state index is 0.166. The van der Waals surface area contributed by atoms with Crippen LogP contribution in [0.15, 0.2) is 48.5 Å². The molecule has 0 saturated carbocycles. The van der Waals surface area contributed by atoms with Crippen molar-refractivity contribution in [1.82, 2.24) is 16.2 Å². The first kappa shape index (κ1) is 22.1. The Balaban J connectivity index is 1.56. The molecule has 1 fully saturated rings. The summed E-state index contributed by atoms with van der Waals surface area (Å²) in [5, 5.41) is 2.82. The molecule has 0 spiro atoms. The van der Waals surface area contributed by atoms with Gasteiger partial charge in [0, 0.05) is 13.1 Å². The summed E-state index contributed by atoms with van der Waals surface area (Å²) in [5.74, 6) is 0.286. The molecule has 5 nitrogen and oxygen atoms in total. The van der Waals surface area contributed by atoms with E-state index < -0.39 is 11.7 Å². The standard InChI is InChI=1S/C22H26F3N3O2/c1-2-3-12-30-18-10-6-16(7-11-18)20-19(14-27-28-20)21(29)26-13-15-4-8-17(9-5-15)22(23,24)25/h4-11,19-20,27-28H,2-3,12-14H2,1H3,(H,26,29). The van der Waals surface area contributed by atoms with Crippen molar-refractivity contribution in [3.05, 3.63) is 65.2 Å². The largest absolute Gasteiger partial charge is 0.494 e. The van der Waals surface area contributed by atoms with Gasteiger partial charge in [0.15, 0.2) is 0 Å². The molecular weight excluding hydrogens is 395 g/mol. The average Bonchev–Trinajstić information content (AvgIpc) is 3.22. The summed E-state index contributed by atoms with van der Waals surface area (Å²) < 4.78 is 43.6. The Bertz CT molecular complexity index is 823. The zero-order valence-electron chi connectivity index (χ0n) is 16.8. The van der Waals surface area contributed by atoms with Crippen LogP contribution in [-0.2, 0) is 17.5 Å². The number of hydrogen-bond acceptors (Lipinski definition) is 4. The summed E-state index contributed by atoms with van der Waals surface area (Å²) in [4.78, 5) is 12.7. The van der Waals surface area contributed by atoms with Crippen LogP contribution in [0, 0.1) is 5.92 Å². The molecule has 8 heteroatoms. The van der Waals surface area contributed by atoms with Crippen LogP contribution < -0.4 is 20.9 Å². The molecule has 0 radical (unpaired) electrons. The van der Waals surface area contributed by atoms with E-state index >= 15 is 0 Å². The molecule has 1 aliphatic heterocycles. The number of alkyl halides is 3. The summed E-state index contributed by atoms with van der Waals surface area (Å²) >= 11 is 0. The lowest BCUT2D eigenvalue weighted by atomic mass is 9.94. The Kier molecular flexibility index (Phi) is 7.33. The molecule has 2 unspecified atom stereocenters. The molecule has 0 aromatic heterocycles. The van der Waals surface area contributed by atoms with E-state index in [1.165, 1.54) is 12.1 Å². The van der Waals surface area contributed by atoms with E-state index in [2.05, 4.69) is 23.1 Å². The molecule has 1 heterocycles. The highest BCUT2D eigenvalue weighted by atomic mass is 19.4. The van der Waals surface area contributed by atoms with Gasteiger partial charge in [0.05, 0.1) is 24.1 Å². The van der Waals surface area contributed by atoms with Crippen LogP contribution in [0.5, 0.6) is 5.75 Å². The topological polar surface area (TPSA) is 62.4 Å². The number of benzene rings is 2. The second kappa shape index (κ2) is 9.95. The summed E-state index contributed by atoms with van der Waals surface area (Å²) in [6.45, 7) is 3.41. The molecular formula is C22H26F3N3O2. The summed E-state index contributed by atoms with van der Waals surface area (Å²) in [7, 11) is 0. The fraction of sp³-hybridized carbons (Fsp3) is 0.409. The van der Waals surface area contributed by atoms with Crippen LogP contribution >= 0.6 is 0 Å². The third-order valence-corrected chi connectivity index (χ3v) is 5.07. The number of rotatable bonds is 8. The minimum atomic E-state index is -4.37. The zero-order chi connectivity index (χ0) is 21.6. The molecule has 1 aliphatic rings. The molecule has 162 valence electrons. The molecule has 0 aliphatic carbocycles. The smallest absolute Gasteiger partial charge is 0.416 e. The van der Waals surface area contributed by atoms with E-state index in [-0.39, 0.29) is 24.4 Å². The van der Waals surface area contributed by atoms with Gasteiger partial charge in [0.25, 0.3) is 0 Å². The Morgan fingerprint density at radius 2 is 1.83 bits per heavy atom. The molecule has 2 aromatic rings. The first-order valence-corrected chi connectivity index (χ1v) is 10.0. The van der Waals surface area contributed by atoms with E-state index in [1.54, 1.807) is 0 Å². The SMILES string of the molecule is CCCCOc1ccc(C2NNCC2C(=O)NCc2ccc(C(F)(F)F)cc2)cc1. The number of halogens is 3. The highest BCUT2D eigenvalue weighted by molar-refractivity contribution is 5.80. The van der Waals surface area contributed by atoms with Gasteiger partial charge < -0.3 is 10.1 Å². The zero-order valence-corrected chi connectivity index (χ0v) is 16.8. The van der Waals surface area contributed by atoms with Gasteiger partial charge in [-0.25, -0.2) is 5.43 Å². The number of carbonyl (C=O) groups is 1. The van der Waals surface area contributed by atoms with Gasteiger partial charge in [-0.15, -0.1) is 0 Å². The number of unbranched alkanes of at least 4 members (excludes halogenated alkanes) is 1. The number of carbonyl (C=O) groups excluding carboxylic acids is 1. The summed E-state index contributed by atoms with van der Waals surface area (Å²) in [6, 6.07) is 12.2. The van der Waals surface area contributed by atoms with E-state index in [9.17, 15) is 18.0 Å². The third kappa shape index (κ3) is 5.73. The van der Waals surface area contributed by atoms with Gasteiger partial charge in [-0.1, -0.05) is 37.6 Å². The molecule has 1 amide bonds. The lowest BCUT2D eigenvalue weighted by Gasteiger charge is -2.19. The van der Waals surface area contributed by atoms with Crippen LogP contribution in [0.3, 0.4) is 0 Å². The van der Waals surface area contributed by atoms with E-state index in [0.29, 0.717) is 18.7 Å². The van der Waals surface area contributed by atoms with Crippen molar-refractivity contribution in [3.8, 4) is 5.75 Å². The second-order valence-electron chi connectivity index (χ2n) is 7.29. The molecule has 3 rings (SSSR count). The Labute approximate surface area is 174 Å². The van der Waals surface area contributed by atoms with E-state index in [0.717, 1.165) is 36.3 Å². The van der Waals surface area contributed by atoms with E-state index in [1.807, 2.05) is 24.3 Å². The first-order valence-electron chi connectivity index (χ1n) is 10.0. The number of nitrogens with one attached hydrogen (secondary N) is 3. The van der Waals surface area contributed by atoms with Crippen molar-refractivity contribution in [2.75, 3.05) is 13.2 Å². The lowest BCUT2D eigenvalue weighted by Crippen LogP contribution is -2.34. The molecule has 0 bridgehead atoms. The normalized spacial score (nSPS) is 18.9. The molecule has 2 atom stereocenters. The lowest BCUT2D eigenvalue weighted by molar-refractivity contribution is -0.137. The summed E-state index contributed by atoms with van der Waals surface area (Å²) in [6.07, 6.45) is -2.30. The average molecular weight is 421 g/mol. The van der Waals surface area contributed by atoms with Crippen LogP contribution in [0.1, 0.15) is 42.5 Å². The van der Waals surface area contributed by atoms with Gasteiger partial charge in [-0.3, -0.25) is 10.2 Å². The maximum absolute atomic E-state index is 12.7. The number of hydrazine groups is 1. The van der Waals surface area contributed by atoms with Crippen LogP contribution in [-0.4, -0.2) is 19.1 Å². The molecule has 30 heavy (non-hydrogen) atoms.